The number of benzene rings is 2. The maximum atomic E-state index is 13.9. The van der Waals surface area contributed by atoms with Crippen molar-refractivity contribution in [3.8, 4) is 11.5 Å². The van der Waals surface area contributed by atoms with Crippen molar-refractivity contribution in [3.63, 3.8) is 0 Å². The van der Waals surface area contributed by atoms with Crippen LogP contribution in [-0.2, 0) is 16.6 Å². The number of hydrogen-bond donors (Lipinski definition) is 0. The van der Waals surface area contributed by atoms with Gasteiger partial charge in [-0.15, -0.1) is 0 Å². The van der Waals surface area contributed by atoms with Gasteiger partial charge in [-0.1, -0.05) is 17.7 Å². The smallest absolute Gasteiger partial charge is 0.387 e. The molecule has 0 radical (unpaired) electrons. The minimum absolute atomic E-state index is 0.0630. The monoisotopic (exact) mass is 409 g/mol. The van der Waals surface area contributed by atoms with Crippen LogP contribution >= 0.6 is 11.6 Å². The van der Waals surface area contributed by atoms with Crippen LogP contribution in [0.2, 0.25) is 5.02 Å². The van der Waals surface area contributed by atoms with Crippen LogP contribution in [0, 0.1) is 5.82 Å². The first-order valence-corrected chi connectivity index (χ1v) is 9.00. The van der Waals surface area contributed by atoms with E-state index < -0.39 is 27.3 Å². The molecular weight excluding hydrogens is 395 g/mol. The van der Waals surface area contributed by atoms with Gasteiger partial charge in [-0.3, -0.25) is 0 Å². The average Bonchev–Trinajstić information content (AvgIpc) is 2.54. The third kappa shape index (κ3) is 4.60. The minimum atomic E-state index is -4.16. The second-order valence-corrected chi connectivity index (χ2v) is 7.65. The van der Waals surface area contributed by atoms with E-state index in [9.17, 15) is 21.6 Å². The van der Waals surface area contributed by atoms with E-state index in [1.165, 1.54) is 38.4 Å². The Morgan fingerprint density at radius 2 is 1.85 bits per heavy atom. The van der Waals surface area contributed by atoms with Crippen LogP contribution in [0.25, 0.3) is 0 Å². The highest BCUT2D eigenvalue weighted by atomic mass is 35.5. The predicted molar refractivity (Wildman–Crippen MR) is 89.7 cm³/mol. The van der Waals surface area contributed by atoms with Crippen LogP contribution in [0.5, 0.6) is 11.5 Å². The zero-order valence-corrected chi connectivity index (χ0v) is 15.3. The molecule has 0 amide bonds. The molecule has 5 nitrogen and oxygen atoms in total. The number of ether oxygens (including phenoxy) is 2. The lowest BCUT2D eigenvalue weighted by Crippen LogP contribution is -2.27. The van der Waals surface area contributed by atoms with Crippen molar-refractivity contribution in [2.24, 2.45) is 0 Å². The average molecular weight is 410 g/mol. The first kappa shape index (κ1) is 20.3. The molecular formula is C16H15ClF3NO4S. The molecule has 0 atom stereocenters. The molecule has 2 aromatic rings. The van der Waals surface area contributed by atoms with Gasteiger partial charge in [0.05, 0.1) is 7.11 Å². The number of sulfonamides is 1. The maximum Gasteiger partial charge on any atom is 0.387 e. The molecule has 0 saturated heterocycles. The van der Waals surface area contributed by atoms with Gasteiger partial charge in [-0.05, 0) is 35.9 Å². The zero-order valence-electron chi connectivity index (χ0n) is 13.7. The van der Waals surface area contributed by atoms with Crippen LogP contribution < -0.4 is 9.47 Å². The summed E-state index contributed by atoms with van der Waals surface area (Å²) in [5, 5.41) is 0.0630. The fourth-order valence-electron chi connectivity index (χ4n) is 2.20. The van der Waals surface area contributed by atoms with Crippen LogP contribution in [0.3, 0.4) is 0 Å². The summed E-state index contributed by atoms with van der Waals surface area (Å²) in [6.07, 6.45) is 0. The molecule has 142 valence electrons. The van der Waals surface area contributed by atoms with E-state index in [0.717, 1.165) is 16.4 Å². The molecule has 0 aliphatic heterocycles. The first-order chi connectivity index (χ1) is 12.1. The van der Waals surface area contributed by atoms with Gasteiger partial charge in [0.2, 0.25) is 10.0 Å². The van der Waals surface area contributed by atoms with Gasteiger partial charge in [-0.2, -0.15) is 13.1 Å². The van der Waals surface area contributed by atoms with Crippen molar-refractivity contribution in [3.05, 3.63) is 52.8 Å². The summed E-state index contributed by atoms with van der Waals surface area (Å²) in [7, 11) is -1.63. The van der Waals surface area contributed by atoms with Gasteiger partial charge in [0.15, 0.2) is 11.5 Å². The third-order valence-corrected chi connectivity index (χ3v) is 5.50. The van der Waals surface area contributed by atoms with Crippen LogP contribution in [0.1, 0.15) is 5.56 Å². The molecule has 0 unspecified atom stereocenters. The Labute approximate surface area is 153 Å². The fourth-order valence-corrected chi connectivity index (χ4v) is 3.56. The molecule has 0 aliphatic carbocycles. The fraction of sp³-hybridized carbons (Fsp3) is 0.250. The largest absolute Gasteiger partial charge is 0.493 e. The van der Waals surface area contributed by atoms with Crippen molar-refractivity contribution in [1.82, 2.24) is 4.31 Å². The molecule has 26 heavy (non-hydrogen) atoms. The lowest BCUT2D eigenvalue weighted by molar-refractivity contribution is -0.0512. The van der Waals surface area contributed by atoms with Gasteiger partial charge in [0.25, 0.3) is 0 Å². The molecule has 0 spiro atoms. The first-order valence-electron chi connectivity index (χ1n) is 7.18. The second-order valence-electron chi connectivity index (χ2n) is 5.20. The molecule has 2 aromatic carbocycles. The number of nitrogens with zero attached hydrogens (tertiary/aromatic N) is 1. The van der Waals surface area contributed by atoms with Crippen LogP contribution in [0.15, 0.2) is 41.3 Å². The van der Waals surface area contributed by atoms with Gasteiger partial charge in [0, 0.05) is 18.6 Å². The van der Waals surface area contributed by atoms with E-state index >= 15 is 0 Å². The summed E-state index contributed by atoms with van der Waals surface area (Å²) in [4.78, 5) is -0.540. The summed E-state index contributed by atoms with van der Waals surface area (Å²) in [5.74, 6) is -1.15. The number of alkyl halides is 2. The van der Waals surface area contributed by atoms with E-state index in [1.807, 2.05) is 0 Å². The second kappa shape index (κ2) is 8.15. The summed E-state index contributed by atoms with van der Waals surface area (Å²) in [6.45, 7) is -3.27. The Kier molecular flexibility index (Phi) is 6.38. The molecule has 0 aliphatic rings. The molecule has 0 heterocycles. The van der Waals surface area contributed by atoms with Crippen molar-refractivity contribution >= 4 is 21.6 Å². The third-order valence-electron chi connectivity index (χ3n) is 3.43. The highest BCUT2D eigenvalue weighted by molar-refractivity contribution is 7.89. The standard InChI is InChI=1S/C16H15ClF3NO4S/c1-21(26(22,23)15-6-4-11(17)8-12(15)18)9-10-3-5-13(24-2)14(7-10)25-16(19)20/h3-8,16H,9H2,1-2H3. The summed E-state index contributed by atoms with van der Waals surface area (Å²) in [6, 6.07) is 7.30. The molecule has 0 fully saturated rings. The molecule has 0 N–H and O–H groups in total. The van der Waals surface area contributed by atoms with Crippen molar-refractivity contribution in [2.45, 2.75) is 18.1 Å². The van der Waals surface area contributed by atoms with Crippen molar-refractivity contribution in [2.75, 3.05) is 14.2 Å². The van der Waals surface area contributed by atoms with Gasteiger partial charge < -0.3 is 9.47 Å². The Morgan fingerprint density at radius 1 is 1.15 bits per heavy atom. The number of hydrogen-bond acceptors (Lipinski definition) is 4. The van der Waals surface area contributed by atoms with Crippen molar-refractivity contribution < 1.29 is 31.1 Å². The predicted octanol–water partition coefficient (Wildman–Crippen LogP) is 3.91. The highest BCUT2D eigenvalue weighted by Gasteiger charge is 2.25. The van der Waals surface area contributed by atoms with Crippen molar-refractivity contribution in [1.29, 1.82) is 0 Å². The molecule has 0 bridgehead atoms. The summed E-state index contributed by atoms with van der Waals surface area (Å²) in [5.41, 5.74) is 0.349. The van der Waals surface area contributed by atoms with Crippen LogP contribution in [0.4, 0.5) is 13.2 Å². The summed E-state index contributed by atoms with van der Waals surface area (Å²) >= 11 is 5.63. The SMILES string of the molecule is COc1ccc(CN(C)S(=O)(=O)c2ccc(Cl)cc2F)cc1OC(F)F. The van der Waals surface area contributed by atoms with Gasteiger partial charge in [0.1, 0.15) is 10.7 Å². The van der Waals surface area contributed by atoms with Crippen LogP contribution in [-0.4, -0.2) is 33.5 Å². The minimum Gasteiger partial charge on any atom is -0.493 e. The quantitative estimate of drug-likeness (QED) is 0.695. The molecule has 10 heteroatoms. The van der Waals surface area contributed by atoms with E-state index in [0.29, 0.717) is 5.56 Å². The number of halogens is 4. The topological polar surface area (TPSA) is 55.8 Å². The van der Waals surface area contributed by atoms with E-state index in [4.69, 9.17) is 16.3 Å². The molecule has 0 saturated carbocycles. The number of methoxy groups -OCH3 is 1. The molecule has 0 aromatic heterocycles. The lowest BCUT2D eigenvalue weighted by Gasteiger charge is -2.19. The Morgan fingerprint density at radius 3 is 2.42 bits per heavy atom. The molecule has 2 rings (SSSR count). The van der Waals surface area contributed by atoms with Gasteiger partial charge >= 0.3 is 6.61 Å². The maximum absolute atomic E-state index is 13.9. The number of rotatable bonds is 7. The van der Waals surface area contributed by atoms with E-state index in [-0.39, 0.29) is 23.1 Å². The summed E-state index contributed by atoms with van der Waals surface area (Å²) < 4.78 is 74.1. The normalized spacial score (nSPS) is 11.8. The Balaban J connectivity index is 2.29. The van der Waals surface area contributed by atoms with E-state index in [1.54, 1.807) is 0 Å². The van der Waals surface area contributed by atoms with E-state index in [2.05, 4.69) is 4.74 Å². The Hall–Kier alpha value is -1.97. The van der Waals surface area contributed by atoms with Gasteiger partial charge in [-0.25, -0.2) is 12.8 Å². The zero-order chi connectivity index (χ0) is 19.5. The highest BCUT2D eigenvalue weighted by Crippen LogP contribution is 2.30. The lowest BCUT2D eigenvalue weighted by atomic mass is 10.2. The Bertz CT molecular complexity index is 893.